The van der Waals surface area contributed by atoms with E-state index in [1.54, 1.807) is 6.07 Å². The second-order valence-corrected chi connectivity index (χ2v) is 11.0. The van der Waals surface area contributed by atoms with Gasteiger partial charge in [0.25, 0.3) is 5.91 Å². The maximum atomic E-state index is 13.7. The van der Waals surface area contributed by atoms with E-state index in [0.29, 0.717) is 12.1 Å². The molecule has 0 aliphatic carbocycles. The normalized spacial score (nSPS) is 21.4. The van der Waals surface area contributed by atoms with E-state index in [4.69, 9.17) is 18.9 Å². The average molecular weight is 605 g/mol. The van der Waals surface area contributed by atoms with E-state index in [9.17, 15) is 9.90 Å². The Bertz CT molecular complexity index is 1670. The number of para-hydroxylation sites is 1. The predicted molar refractivity (Wildman–Crippen MR) is 170 cm³/mol. The van der Waals surface area contributed by atoms with Gasteiger partial charge in [-0.2, -0.15) is 0 Å². The molecule has 2 heterocycles. The van der Waals surface area contributed by atoms with E-state index in [2.05, 4.69) is 10.3 Å². The van der Waals surface area contributed by atoms with Gasteiger partial charge in [0.2, 0.25) is 0 Å². The number of nitrogens with one attached hydrogen (secondary N) is 1. The van der Waals surface area contributed by atoms with Crippen molar-refractivity contribution in [2.75, 3.05) is 13.2 Å². The number of amides is 1. The third-order valence-corrected chi connectivity index (χ3v) is 7.89. The van der Waals surface area contributed by atoms with Gasteiger partial charge < -0.3 is 29.4 Å². The smallest absolute Gasteiger partial charge is 0.272 e. The first-order valence-corrected chi connectivity index (χ1v) is 15.0. The van der Waals surface area contributed by atoms with E-state index in [1.165, 1.54) is 0 Å². The Balaban J connectivity index is 1.32. The third-order valence-electron chi connectivity index (χ3n) is 7.89. The Hall–Kier alpha value is -4.44. The van der Waals surface area contributed by atoms with Gasteiger partial charge >= 0.3 is 0 Å². The van der Waals surface area contributed by atoms with Crippen molar-refractivity contribution in [3.63, 3.8) is 0 Å². The third kappa shape index (κ3) is 7.45. The fourth-order valence-electron chi connectivity index (χ4n) is 5.47. The second-order valence-electron chi connectivity index (χ2n) is 11.0. The minimum Gasteiger partial charge on any atom is -0.391 e. The molecule has 4 atom stereocenters. The minimum absolute atomic E-state index is 0.0451. The van der Waals surface area contributed by atoms with E-state index >= 15 is 0 Å². The van der Waals surface area contributed by atoms with Crippen molar-refractivity contribution in [3.05, 3.63) is 150 Å². The fraction of sp³-hybridized carbons (Fsp3) is 0.243. The van der Waals surface area contributed by atoms with Crippen molar-refractivity contribution < 1.29 is 28.8 Å². The van der Waals surface area contributed by atoms with Crippen LogP contribution in [0, 0.1) is 0 Å². The van der Waals surface area contributed by atoms with Crippen LogP contribution in [0.2, 0.25) is 0 Å². The number of ether oxygens (including phenoxy) is 4. The van der Waals surface area contributed by atoms with Crippen molar-refractivity contribution in [2.24, 2.45) is 0 Å². The first-order valence-electron chi connectivity index (χ1n) is 15.0. The van der Waals surface area contributed by atoms with Gasteiger partial charge in [-0.05, 0) is 28.8 Å². The number of pyridine rings is 1. The molecule has 0 saturated carbocycles. The summed E-state index contributed by atoms with van der Waals surface area (Å²) >= 11 is 0. The predicted octanol–water partition coefficient (Wildman–Crippen LogP) is 5.44. The Morgan fingerprint density at radius 1 is 0.733 bits per heavy atom. The summed E-state index contributed by atoms with van der Waals surface area (Å²) in [4.78, 5) is 18.3. The highest BCUT2D eigenvalue weighted by Crippen LogP contribution is 2.32. The quantitative estimate of drug-likeness (QED) is 0.196. The number of benzene rings is 4. The SMILES string of the molecule is O=C(N[C@]1(CO)OC[C@@H](OCc2ccccc2)[C@@H](OCc2ccccc2)[C@@H]1OCc1ccccc1)c1ccc2ccccc2n1. The van der Waals surface area contributed by atoms with Gasteiger partial charge in [0.15, 0.2) is 5.72 Å². The molecule has 1 aromatic heterocycles. The van der Waals surface area contributed by atoms with Gasteiger partial charge in [-0.15, -0.1) is 0 Å². The lowest BCUT2D eigenvalue weighted by atomic mass is 9.93. The largest absolute Gasteiger partial charge is 0.391 e. The summed E-state index contributed by atoms with van der Waals surface area (Å²) in [5.74, 6) is -0.506. The van der Waals surface area contributed by atoms with Gasteiger partial charge in [-0.1, -0.05) is 115 Å². The van der Waals surface area contributed by atoms with Crippen LogP contribution in [0.3, 0.4) is 0 Å². The lowest BCUT2D eigenvalue weighted by Crippen LogP contribution is -2.71. The van der Waals surface area contributed by atoms with Crippen LogP contribution in [0.4, 0.5) is 0 Å². The summed E-state index contributed by atoms with van der Waals surface area (Å²) in [5, 5.41) is 14.8. The number of aromatic nitrogens is 1. The summed E-state index contributed by atoms with van der Waals surface area (Å²) in [5.41, 5.74) is 2.11. The van der Waals surface area contributed by atoms with Crippen LogP contribution in [-0.4, -0.2) is 53.2 Å². The zero-order chi connectivity index (χ0) is 30.9. The lowest BCUT2D eigenvalue weighted by molar-refractivity contribution is -0.289. The molecule has 8 heteroatoms. The first kappa shape index (κ1) is 30.6. The van der Waals surface area contributed by atoms with Gasteiger partial charge in [-0.25, -0.2) is 4.98 Å². The molecule has 1 fully saturated rings. The molecule has 0 unspecified atom stereocenters. The maximum absolute atomic E-state index is 13.7. The van der Waals surface area contributed by atoms with E-state index in [1.807, 2.05) is 121 Å². The molecule has 0 spiro atoms. The van der Waals surface area contributed by atoms with Crippen molar-refractivity contribution in [2.45, 2.75) is 43.9 Å². The number of fused-ring (bicyclic) bond motifs is 1. The first-order chi connectivity index (χ1) is 22.1. The lowest BCUT2D eigenvalue weighted by Gasteiger charge is -2.49. The summed E-state index contributed by atoms with van der Waals surface area (Å²) in [7, 11) is 0. The van der Waals surface area contributed by atoms with Crippen LogP contribution in [0.5, 0.6) is 0 Å². The summed E-state index contributed by atoms with van der Waals surface area (Å²) in [6, 6.07) is 40.4. The molecule has 2 N–H and O–H groups in total. The number of aliphatic hydroxyl groups is 1. The van der Waals surface area contributed by atoms with Gasteiger partial charge in [0, 0.05) is 5.39 Å². The molecule has 5 aromatic rings. The van der Waals surface area contributed by atoms with Crippen molar-refractivity contribution >= 4 is 16.8 Å². The summed E-state index contributed by atoms with van der Waals surface area (Å²) < 4.78 is 25.8. The highest BCUT2D eigenvalue weighted by molar-refractivity contribution is 5.95. The molecule has 230 valence electrons. The number of carbonyl (C=O) groups is 1. The van der Waals surface area contributed by atoms with Crippen LogP contribution in [0.15, 0.2) is 127 Å². The summed E-state index contributed by atoms with van der Waals surface area (Å²) in [6.45, 7) is 0.262. The number of hydrogen-bond acceptors (Lipinski definition) is 7. The van der Waals surface area contributed by atoms with Crippen LogP contribution in [-0.2, 0) is 38.8 Å². The molecule has 1 amide bonds. The minimum atomic E-state index is -1.65. The molecule has 6 rings (SSSR count). The molecule has 1 aliphatic heterocycles. The number of hydrogen-bond donors (Lipinski definition) is 2. The molecule has 4 aromatic carbocycles. The van der Waals surface area contributed by atoms with Crippen molar-refractivity contribution in [1.29, 1.82) is 0 Å². The molecule has 1 aliphatic rings. The Morgan fingerprint density at radius 2 is 1.29 bits per heavy atom. The zero-order valence-corrected chi connectivity index (χ0v) is 24.8. The van der Waals surface area contributed by atoms with Gasteiger partial charge in [0.1, 0.15) is 24.0 Å². The number of nitrogens with zero attached hydrogens (tertiary/aromatic N) is 1. The summed E-state index contributed by atoms with van der Waals surface area (Å²) in [6.07, 6.45) is -2.24. The second kappa shape index (κ2) is 14.6. The van der Waals surface area contributed by atoms with Crippen LogP contribution in [0.25, 0.3) is 10.9 Å². The van der Waals surface area contributed by atoms with E-state index < -0.39 is 36.6 Å². The Morgan fingerprint density at radius 3 is 1.91 bits per heavy atom. The van der Waals surface area contributed by atoms with Crippen LogP contribution >= 0.6 is 0 Å². The molecular weight excluding hydrogens is 568 g/mol. The van der Waals surface area contributed by atoms with E-state index in [-0.39, 0.29) is 25.5 Å². The van der Waals surface area contributed by atoms with Crippen LogP contribution in [0.1, 0.15) is 27.2 Å². The maximum Gasteiger partial charge on any atom is 0.272 e. The molecular formula is C37H36N2O6. The van der Waals surface area contributed by atoms with Gasteiger partial charge in [0.05, 0.1) is 38.6 Å². The number of aliphatic hydroxyl groups excluding tert-OH is 1. The van der Waals surface area contributed by atoms with E-state index in [0.717, 1.165) is 22.1 Å². The van der Waals surface area contributed by atoms with Gasteiger partial charge in [-0.3, -0.25) is 4.79 Å². The molecule has 1 saturated heterocycles. The molecule has 0 radical (unpaired) electrons. The molecule has 45 heavy (non-hydrogen) atoms. The number of rotatable bonds is 12. The van der Waals surface area contributed by atoms with Crippen LogP contribution < -0.4 is 5.32 Å². The Labute approximate surface area is 262 Å². The standard InChI is InChI=1S/C37H36N2O6/c40-26-37(39-36(41)32-21-20-30-18-10-11-19-31(30)38-32)35(44-24-29-16-8-3-9-17-29)34(43-23-28-14-6-2-7-15-28)33(25-45-37)42-22-27-12-4-1-5-13-27/h1-21,33-35,40H,22-26H2,(H,39,41)/t33-,34-,35+,37-/m1/s1. The monoisotopic (exact) mass is 604 g/mol. The average Bonchev–Trinajstić information content (AvgIpc) is 3.10. The Kier molecular flexibility index (Phi) is 9.89. The molecule has 8 nitrogen and oxygen atoms in total. The fourth-order valence-corrected chi connectivity index (χ4v) is 5.47. The van der Waals surface area contributed by atoms with Crippen molar-refractivity contribution in [3.8, 4) is 0 Å². The highest BCUT2D eigenvalue weighted by Gasteiger charge is 2.54. The number of carbonyl (C=O) groups excluding carboxylic acids is 1. The molecule has 0 bridgehead atoms. The topological polar surface area (TPSA) is 99.1 Å². The zero-order valence-electron chi connectivity index (χ0n) is 24.8. The van der Waals surface area contributed by atoms with Crippen molar-refractivity contribution in [1.82, 2.24) is 10.3 Å². The highest BCUT2D eigenvalue weighted by atomic mass is 16.6.